The van der Waals surface area contributed by atoms with Crippen molar-refractivity contribution in [2.75, 3.05) is 12.8 Å². The first-order chi connectivity index (χ1) is 20.0. The number of benzene rings is 1. The fourth-order valence-electron chi connectivity index (χ4n) is 11.6. The molecule has 6 aliphatic rings. The Labute approximate surface area is 255 Å². The first kappa shape index (κ1) is 29.5. The molecule has 232 valence electrons. The standard InChI is InChI=1S/C36H54N2O3S/c1-23-17-33-34(38(21-23)22-26-9-7-6-8-10-26)25(3)36(41-33)16-14-29-30-12-11-27-18-28(37-42(5,39)40)13-15-35(27,4)32(30)19-31(29)24(2)20-36/h6-10,23,25,27-30,32-34,37H,11-22H2,1-5H3/t23-,25+,27+,28?,29-,30-,32-,33+,34-,35-,36-/m0/s1. The van der Waals surface area contributed by atoms with E-state index in [4.69, 9.17) is 4.74 Å². The summed E-state index contributed by atoms with van der Waals surface area (Å²) in [5.41, 5.74) is 5.17. The molecule has 5 fully saturated rings. The molecular formula is C36H54N2O3S. The zero-order chi connectivity index (χ0) is 29.4. The minimum atomic E-state index is -3.15. The molecule has 0 bridgehead atoms. The largest absolute Gasteiger partial charge is 0.369 e. The van der Waals surface area contributed by atoms with Crippen LogP contribution in [0.2, 0.25) is 0 Å². The Morgan fingerprint density at radius 2 is 1.83 bits per heavy atom. The Morgan fingerprint density at radius 1 is 1.05 bits per heavy atom. The molecule has 0 radical (unpaired) electrons. The van der Waals surface area contributed by atoms with E-state index in [1.807, 2.05) is 0 Å². The first-order valence-electron chi connectivity index (χ1n) is 17.1. The van der Waals surface area contributed by atoms with Crippen molar-refractivity contribution in [3.05, 3.63) is 47.0 Å². The summed E-state index contributed by atoms with van der Waals surface area (Å²) >= 11 is 0. The first-order valence-corrected chi connectivity index (χ1v) is 19.0. The third kappa shape index (κ3) is 5.04. The van der Waals surface area contributed by atoms with Crippen molar-refractivity contribution < 1.29 is 13.2 Å². The number of ether oxygens (including phenoxy) is 1. The van der Waals surface area contributed by atoms with E-state index in [1.54, 1.807) is 11.1 Å². The molecule has 1 aromatic carbocycles. The zero-order valence-electron chi connectivity index (χ0n) is 26.6. The van der Waals surface area contributed by atoms with Gasteiger partial charge in [-0.2, -0.15) is 0 Å². The molecule has 1 unspecified atom stereocenters. The minimum Gasteiger partial charge on any atom is -0.369 e. The topological polar surface area (TPSA) is 58.6 Å². The molecule has 3 saturated carbocycles. The summed E-state index contributed by atoms with van der Waals surface area (Å²) in [5, 5.41) is 0. The lowest BCUT2D eigenvalue weighted by Crippen LogP contribution is -2.51. The van der Waals surface area contributed by atoms with Crippen LogP contribution < -0.4 is 4.72 Å². The van der Waals surface area contributed by atoms with Crippen LogP contribution in [-0.4, -0.2) is 49.9 Å². The fraction of sp³-hybridized carbons (Fsp3) is 0.778. The maximum Gasteiger partial charge on any atom is 0.208 e. The summed E-state index contributed by atoms with van der Waals surface area (Å²) in [6.45, 7) is 12.2. The van der Waals surface area contributed by atoms with E-state index in [2.05, 4.69) is 67.6 Å². The van der Waals surface area contributed by atoms with E-state index in [1.165, 1.54) is 56.9 Å². The summed E-state index contributed by atoms with van der Waals surface area (Å²) < 4.78 is 34.2. The van der Waals surface area contributed by atoms with Gasteiger partial charge in [0, 0.05) is 31.1 Å². The fourth-order valence-corrected chi connectivity index (χ4v) is 12.4. The number of rotatable bonds is 4. The van der Waals surface area contributed by atoms with Crippen molar-refractivity contribution in [3.63, 3.8) is 0 Å². The van der Waals surface area contributed by atoms with Crippen LogP contribution in [0.15, 0.2) is 41.5 Å². The van der Waals surface area contributed by atoms with Crippen LogP contribution in [0.4, 0.5) is 0 Å². The molecule has 2 heterocycles. The summed E-state index contributed by atoms with van der Waals surface area (Å²) in [6.07, 6.45) is 13.5. The van der Waals surface area contributed by atoms with Crippen LogP contribution in [0.5, 0.6) is 0 Å². The molecule has 4 aliphatic carbocycles. The van der Waals surface area contributed by atoms with Crippen LogP contribution in [0.3, 0.4) is 0 Å². The Bertz CT molecular complexity index is 1310. The van der Waals surface area contributed by atoms with Crippen molar-refractivity contribution in [2.45, 2.75) is 122 Å². The summed E-state index contributed by atoms with van der Waals surface area (Å²) in [5.74, 6) is 4.11. The molecule has 1 spiro atoms. The molecule has 5 nitrogen and oxygen atoms in total. The number of hydrogen-bond donors (Lipinski definition) is 1. The number of piperidine rings is 1. The average molecular weight is 595 g/mol. The Morgan fingerprint density at radius 3 is 2.60 bits per heavy atom. The Balaban J connectivity index is 1.11. The number of nitrogens with zero attached hydrogens (tertiary/aromatic N) is 1. The van der Waals surface area contributed by atoms with Crippen molar-refractivity contribution in [1.29, 1.82) is 0 Å². The number of fused-ring (bicyclic) bond motifs is 6. The van der Waals surface area contributed by atoms with Crippen molar-refractivity contribution in [3.8, 4) is 0 Å². The van der Waals surface area contributed by atoms with Gasteiger partial charge in [0.25, 0.3) is 0 Å². The van der Waals surface area contributed by atoms with Gasteiger partial charge in [-0.25, -0.2) is 13.1 Å². The number of sulfonamides is 1. The van der Waals surface area contributed by atoms with E-state index in [0.717, 1.165) is 50.0 Å². The lowest BCUT2D eigenvalue weighted by molar-refractivity contribution is -0.0815. The van der Waals surface area contributed by atoms with E-state index in [-0.39, 0.29) is 11.6 Å². The van der Waals surface area contributed by atoms with Gasteiger partial charge in [0.2, 0.25) is 10.0 Å². The zero-order valence-corrected chi connectivity index (χ0v) is 27.5. The van der Waals surface area contributed by atoms with Crippen LogP contribution in [-0.2, 0) is 21.3 Å². The van der Waals surface area contributed by atoms with Gasteiger partial charge in [-0.3, -0.25) is 4.90 Å². The molecule has 6 heteroatoms. The summed E-state index contributed by atoms with van der Waals surface area (Å²) in [4.78, 5) is 2.77. The van der Waals surface area contributed by atoms with Crippen molar-refractivity contribution in [2.24, 2.45) is 40.9 Å². The van der Waals surface area contributed by atoms with Gasteiger partial charge in [0.05, 0.1) is 18.0 Å². The van der Waals surface area contributed by atoms with Crippen LogP contribution >= 0.6 is 0 Å². The maximum atomic E-state index is 12.0. The highest BCUT2D eigenvalue weighted by atomic mass is 32.2. The van der Waals surface area contributed by atoms with E-state index in [0.29, 0.717) is 35.3 Å². The average Bonchev–Trinajstić information content (AvgIpc) is 3.39. The molecule has 7 rings (SSSR count). The number of nitrogens with one attached hydrogen (secondary N) is 1. The van der Waals surface area contributed by atoms with Gasteiger partial charge in [0.1, 0.15) is 0 Å². The third-order valence-electron chi connectivity index (χ3n) is 13.5. The monoisotopic (exact) mass is 594 g/mol. The number of allylic oxidation sites excluding steroid dienone is 1. The predicted molar refractivity (Wildman–Crippen MR) is 169 cm³/mol. The second-order valence-corrected chi connectivity index (χ2v) is 17.8. The van der Waals surface area contributed by atoms with Gasteiger partial charge < -0.3 is 4.74 Å². The van der Waals surface area contributed by atoms with Crippen LogP contribution in [0.1, 0.15) is 97.5 Å². The SMILES string of the molecule is CC1=C2C[C@H]3[C@@H](CC[C@@H]4CC(NS(C)(=O)=O)CC[C@@]43C)[C@@H]2CC[C@@]2(C1)O[C@@H]1C[C@H](C)CN(Cc3ccccc3)[C@H]1[C@H]2C. The number of hydrogen-bond acceptors (Lipinski definition) is 4. The Hall–Kier alpha value is -1.21. The highest BCUT2D eigenvalue weighted by Crippen LogP contribution is 2.65. The van der Waals surface area contributed by atoms with Gasteiger partial charge >= 0.3 is 0 Å². The highest BCUT2D eigenvalue weighted by molar-refractivity contribution is 7.88. The lowest BCUT2D eigenvalue weighted by Gasteiger charge is -2.54. The third-order valence-corrected chi connectivity index (χ3v) is 14.2. The quantitative estimate of drug-likeness (QED) is 0.384. The van der Waals surface area contributed by atoms with E-state index >= 15 is 0 Å². The minimum absolute atomic E-state index is 0.0261. The van der Waals surface area contributed by atoms with Gasteiger partial charge in [0.15, 0.2) is 0 Å². The smallest absolute Gasteiger partial charge is 0.208 e. The number of likely N-dealkylation sites (tertiary alicyclic amines) is 1. The normalized spacial score (nSPS) is 45.7. The molecule has 11 atom stereocenters. The molecule has 2 aliphatic heterocycles. The van der Waals surface area contributed by atoms with Crippen molar-refractivity contribution in [1.82, 2.24) is 9.62 Å². The Kier molecular flexibility index (Phi) is 7.52. The second-order valence-electron chi connectivity index (χ2n) is 16.0. The van der Waals surface area contributed by atoms with Crippen LogP contribution in [0, 0.1) is 40.9 Å². The molecule has 0 aromatic heterocycles. The molecule has 1 aromatic rings. The molecule has 42 heavy (non-hydrogen) atoms. The molecular weight excluding hydrogens is 540 g/mol. The lowest BCUT2D eigenvalue weighted by atomic mass is 9.52. The van der Waals surface area contributed by atoms with Gasteiger partial charge in [-0.1, -0.05) is 62.2 Å². The molecule has 2 saturated heterocycles. The second kappa shape index (κ2) is 10.7. The van der Waals surface area contributed by atoms with Gasteiger partial charge in [-0.15, -0.1) is 0 Å². The predicted octanol–water partition coefficient (Wildman–Crippen LogP) is 6.94. The maximum absolute atomic E-state index is 12.0. The van der Waals surface area contributed by atoms with Gasteiger partial charge in [-0.05, 0) is 112 Å². The molecule has 0 amide bonds. The van der Waals surface area contributed by atoms with E-state index < -0.39 is 10.0 Å². The summed E-state index contributed by atoms with van der Waals surface area (Å²) in [7, 11) is -3.15. The van der Waals surface area contributed by atoms with Crippen LogP contribution in [0.25, 0.3) is 0 Å². The molecule has 1 N–H and O–H groups in total. The summed E-state index contributed by atoms with van der Waals surface area (Å²) in [6, 6.07) is 11.7. The highest BCUT2D eigenvalue weighted by Gasteiger charge is 2.60. The van der Waals surface area contributed by atoms with E-state index in [9.17, 15) is 8.42 Å². The van der Waals surface area contributed by atoms with Crippen molar-refractivity contribution >= 4 is 10.0 Å².